The minimum Gasteiger partial charge on any atom is -0.357 e. The molecule has 0 fully saturated rings. The maximum atomic E-state index is 11.9. The number of hydrogen-bond acceptors (Lipinski definition) is 3. The average molecular weight is 274 g/mol. The largest absolute Gasteiger partial charge is 0.357 e. The minimum absolute atomic E-state index is 0.168. The number of aromatic amines is 1. The normalized spacial score (nSPS) is 17.3. The number of hydrogen-bond donors (Lipinski definition) is 2. The lowest BCUT2D eigenvalue weighted by molar-refractivity contribution is 0.712. The smallest absolute Gasteiger partial charge is 0.272 e. The number of benzene rings is 1. The molecular weight excluding hydrogens is 262 g/mol. The minimum atomic E-state index is -0.168. The van der Waals surface area contributed by atoms with Gasteiger partial charge in [0.15, 0.2) is 0 Å². The molecule has 0 bridgehead atoms. The summed E-state index contributed by atoms with van der Waals surface area (Å²) in [6.45, 7) is 0. The summed E-state index contributed by atoms with van der Waals surface area (Å²) >= 11 is 6.27. The number of aromatic nitrogens is 2. The van der Waals surface area contributed by atoms with E-state index < -0.39 is 0 Å². The van der Waals surface area contributed by atoms with Gasteiger partial charge in [-0.2, -0.15) is 5.10 Å². The highest BCUT2D eigenvalue weighted by Crippen LogP contribution is 2.43. The number of nitrogens with one attached hydrogen (secondary N) is 2. The quantitative estimate of drug-likeness (QED) is 0.774. The van der Waals surface area contributed by atoms with Gasteiger partial charge in [0.25, 0.3) is 5.56 Å². The van der Waals surface area contributed by atoms with Crippen LogP contribution in [-0.2, 0) is 0 Å². The van der Waals surface area contributed by atoms with E-state index in [2.05, 4.69) is 15.5 Å². The molecule has 1 aromatic heterocycles. The van der Waals surface area contributed by atoms with E-state index in [4.69, 9.17) is 11.6 Å². The first kappa shape index (κ1) is 11.1. The molecule has 0 amide bonds. The van der Waals surface area contributed by atoms with Crippen molar-refractivity contribution in [1.82, 2.24) is 10.2 Å². The fourth-order valence-corrected chi connectivity index (χ4v) is 3.24. The average Bonchev–Trinajstić information content (AvgIpc) is 2.44. The molecule has 0 unspecified atom stereocenters. The Labute approximate surface area is 114 Å². The van der Waals surface area contributed by atoms with E-state index in [0.717, 1.165) is 29.6 Å². The van der Waals surface area contributed by atoms with Crippen LogP contribution in [0.25, 0.3) is 16.3 Å². The summed E-state index contributed by atoms with van der Waals surface area (Å²) in [5.41, 5.74) is 3.97. The molecule has 1 aromatic carbocycles. The van der Waals surface area contributed by atoms with E-state index in [1.165, 1.54) is 24.1 Å². The van der Waals surface area contributed by atoms with E-state index in [0.29, 0.717) is 10.4 Å². The molecule has 0 atom stereocenters. The third-order valence-electron chi connectivity index (χ3n) is 3.93. The van der Waals surface area contributed by atoms with Gasteiger partial charge in [-0.3, -0.25) is 4.79 Å². The number of rotatable bonds is 0. The van der Waals surface area contributed by atoms with Crippen LogP contribution in [0.1, 0.15) is 31.4 Å². The van der Waals surface area contributed by atoms with Crippen LogP contribution < -0.4 is 10.9 Å². The van der Waals surface area contributed by atoms with Gasteiger partial charge in [-0.05, 0) is 43.4 Å². The number of nitrogens with zero attached hydrogens (tertiary/aromatic N) is 1. The maximum absolute atomic E-state index is 11.9. The fraction of sp³-hybridized carbons (Fsp3) is 0.286. The lowest BCUT2D eigenvalue weighted by Gasteiger charge is -2.27. The van der Waals surface area contributed by atoms with Crippen molar-refractivity contribution >= 4 is 33.6 Å². The summed E-state index contributed by atoms with van der Waals surface area (Å²) in [7, 11) is 0. The van der Waals surface area contributed by atoms with Gasteiger partial charge < -0.3 is 5.32 Å². The second-order valence-corrected chi connectivity index (χ2v) is 5.44. The lowest BCUT2D eigenvalue weighted by Crippen LogP contribution is -2.19. The molecular formula is C14H12ClN3O. The summed E-state index contributed by atoms with van der Waals surface area (Å²) in [4.78, 5) is 11.9. The van der Waals surface area contributed by atoms with Crippen molar-refractivity contribution in [3.63, 3.8) is 0 Å². The lowest BCUT2D eigenvalue weighted by atomic mass is 9.88. The molecule has 0 saturated carbocycles. The third-order valence-corrected chi connectivity index (χ3v) is 4.25. The molecule has 0 saturated heterocycles. The van der Waals surface area contributed by atoms with Crippen molar-refractivity contribution in [1.29, 1.82) is 0 Å². The first-order valence-electron chi connectivity index (χ1n) is 6.46. The Morgan fingerprint density at radius 2 is 2.05 bits per heavy atom. The van der Waals surface area contributed by atoms with Crippen molar-refractivity contribution in [2.45, 2.75) is 25.7 Å². The van der Waals surface area contributed by atoms with E-state index in [1.54, 1.807) is 12.1 Å². The van der Waals surface area contributed by atoms with Crippen molar-refractivity contribution in [3.05, 3.63) is 38.9 Å². The molecule has 96 valence electrons. The van der Waals surface area contributed by atoms with Crippen molar-refractivity contribution in [3.8, 4) is 0 Å². The van der Waals surface area contributed by atoms with Crippen molar-refractivity contribution in [2.24, 2.45) is 0 Å². The molecule has 2 heterocycles. The summed E-state index contributed by atoms with van der Waals surface area (Å²) in [6, 6.07) is 3.53. The molecule has 0 radical (unpaired) electrons. The van der Waals surface area contributed by atoms with Crippen LogP contribution in [0.2, 0.25) is 5.02 Å². The van der Waals surface area contributed by atoms with Gasteiger partial charge in [-0.15, -0.1) is 0 Å². The van der Waals surface area contributed by atoms with E-state index in [-0.39, 0.29) is 5.56 Å². The number of anilines is 1. The van der Waals surface area contributed by atoms with Gasteiger partial charge in [0, 0.05) is 11.1 Å². The predicted molar refractivity (Wildman–Crippen MR) is 76.4 cm³/mol. The van der Waals surface area contributed by atoms with E-state index in [1.807, 2.05) is 0 Å². The Kier molecular flexibility index (Phi) is 2.23. The summed E-state index contributed by atoms with van der Waals surface area (Å²) < 4.78 is 0. The summed E-state index contributed by atoms with van der Waals surface area (Å²) in [5, 5.41) is 12.4. The maximum Gasteiger partial charge on any atom is 0.272 e. The van der Waals surface area contributed by atoms with Crippen molar-refractivity contribution in [2.75, 3.05) is 5.32 Å². The first-order valence-corrected chi connectivity index (χ1v) is 6.84. The number of halogens is 1. The molecule has 0 spiro atoms. The summed E-state index contributed by atoms with van der Waals surface area (Å²) in [6.07, 6.45) is 4.36. The van der Waals surface area contributed by atoms with Crippen molar-refractivity contribution < 1.29 is 0 Å². The van der Waals surface area contributed by atoms with Crippen LogP contribution in [0.5, 0.6) is 0 Å². The molecule has 2 aromatic rings. The Hall–Kier alpha value is -1.81. The second-order valence-electron chi connectivity index (χ2n) is 5.04. The Morgan fingerprint density at radius 3 is 2.95 bits per heavy atom. The van der Waals surface area contributed by atoms with Gasteiger partial charge in [-0.1, -0.05) is 11.6 Å². The zero-order valence-electron chi connectivity index (χ0n) is 10.2. The van der Waals surface area contributed by atoms with Crippen LogP contribution in [-0.4, -0.2) is 10.2 Å². The van der Waals surface area contributed by atoms with Gasteiger partial charge in [-0.25, -0.2) is 5.10 Å². The molecule has 2 N–H and O–H groups in total. The number of allylic oxidation sites excluding steroid dienone is 2. The highest BCUT2D eigenvalue weighted by Gasteiger charge is 2.26. The molecule has 2 aliphatic rings. The monoisotopic (exact) mass is 273 g/mol. The molecule has 4 nitrogen and oxygen atoms in total. The zero-order chi connectivity index (χ0) is 13.0. The van der Waals surface area contributed by atoms with Gasteiger partial charge >= 0.3 is 0 Å². The zero-order valence-corrected chi connectivity index (χ0v) is 11.0. The van der Waals surface area contributed by atoms with Gasteiger partial charge in [0.1, 0.15) is 0 Å². The van der Waals surface area contributed by atoms with Gasteiger partial charge in [0.2, 0.25) is 0 Å². The van der Waals surface area contributed by atoms with Crippen LogP contribution in [0, 0.1) is 0 Å². The molecule has 1 aliphatic heterocycles. The molecule has 1 aliphatic carbocycles. The number of fused-ring (bicyclic) bond motifs is 1. The Morgan fingerprint density at radius 1 is 1.21 bits per heavy atom. The highest BCUT2D eigenvalue weighted by molar-refractivity contribution is 6.35. The SMILES string of the molecule is O=c1[nH]nc2c3c(c(Cl)ccc13)NC1=C2CCCC1. The van der Waals surface area contributed by atoms with Crippen LogP contribution >= 0.6 is 11.6 Å². The number of H-pyrrole nitrogens is 1. The van der Waals surface area contributed by atoms with E-state index in [9.17, 15) is 4.79 Å². The molecule has 5 heteroatoms. The Balaban J connectivity index is 2.16. The van der Waals surface area contributed by atoms with E-state index >= 15 is 0 Å². The van der Waals surface area contributed by atoms with Gasteiger partial charge in [0.05, 0.1) is 21.8 Å². The Bertz CT molecular complexity index is 791. The highest BCUT2D eigenvalue weighted by atomic mass is 35.5. The fourth-order valence-electron chi connectivity index (χ4n) is 3.03. The standard InChI is InChI=1S/C14H12ClN3O/c15-9-6-5-8-11-12(17-18-14(8)19)7-3-1-2-4-10(7)16-13(9)11/h5-6,16H,1-4H2,(H,18,19). The molecule has 19 heavy (non-hydrogen) atoms. The summed E-state index contributed by atoms with van der Waals surface area (Å²) in [5.74, 6) is 0. The van der Waals surface area contributed by atoms with Crippen LogP contribution in [0.15, 0.2) is 22.6 Å². The topological polar surface area (TPSA) is 57.8 Å². The second kappa shape index (κ2) is 3.84. The first-order chi connectivity index (χ1) is 9.25. The predicted octanol–water partition coefficient (Wildman–Crippen LogP) is 3.29. The van der Waals surface area contributed by atoms with Crippen LogP contribution in [0.3, 0.4) is 0 Å². The molecule has 4 rings (SSSR count). The van der Waals surface area contributed by atoms with Crippen LogP contribution in [0.4, 0.5) is 5.69 Å². The third kappa shape index (κ3) is 1.46.